The first-order chi connectivity index (χ1) is 12.3. The lowest BCUT2D eigenvalue weighted by Gasteiger charge is -2.34. The maximum atomic E-state index is 13.2. The minimum atomic E-state index is -0.779. The summed E-state index contributed by atoms with van der Waals surface area (Å²) in [6.45, 7) is 7.89. The van der Waals surface area contributed by atoms with Gasteiger partial charge in [0.05, 0.1) is 11.0 Å². The van der Waals surface area contributed by atoms with Crippen molar-refractivity contribution in [3.05, 3.63) is 65.2 Å². The van der Waals surface area contributed by atoms with Gasteiger partial charge in [-0.3, -0.25) is 4.79 Å². The van der Waals surface area contributed by atoms with Crippen LogP contribution in [-0.4, -0.2) is 21.3 Å². The number of H-pyrrole nitrogens is 1. The molecule has 2 heterocycles. The third-order valence-electron chi connectivity index (χ3n) is 5.06. The molecule has 2 aromatic carbocycles. The number of nitrogens with zero attached hydrogens (tertiary/aromatic N) is 2. The van der Waals surface area contributed by atoms with Crippen molar-refractivity contribution < 1.29 is 4.79 Å². The van der Waals surface area contributed by atoms with Crippen molar-refractivity contribution in [1.29, 1.82) is 0 Å². The zero-order chi connectivity index (χ0) is 18.6. The molecule has 3 aromatic rings. The van der Waals surface area contributed by atoms with Gasteiger partial charge in [0.25, 0.3) is 0 Å². The van der Waals surface area contributed by atoms with Crippen molar-refractivity contribution in [3.63, 3.8) is 0 Å². The number of hydrogen-bond acceptors (Lipinski definition) is 4. The van der Waals surface area contributed by atoms with Gasteiger partial charge in [-0.2, -0.15) is 0 Å². The largest absolute Gasteiger partial charge is 0.384 e. The Kier molecular flexibility index (Phi) is 3.44. The second kappa shape index (κ2) is 5.46. The summed E-state index contributed by atoms with van der Waals surface area (Å²) in [6, 6.07) is 13.9. The van der Waals surface area contributed by atoms with Crippen molar-refractivity contribution in [1.82, 2.24) is 9.97 Å². The highest BCUT2D eigenvalue weighted by Crippen LogP contribution is 2.41. The van der Waals surface area contributed by atoms with Crippen LogP contribution in [0.25, 0.3) is 16.6 Å². The van der Waals surface area contributed by atoms with Gasteiger partial charge in [0.1, 0.15) is 22.8 Å². The highest BCUT2D eigenvalue weighted by Gasteiger charge is 2.47. The Hall–Kier alpha value is -3.08. The van der Waals surface area contributed by atoms with Crippen LogP contribution >= 0.6 is 0 Å². The number of para-hydroxylation sites is 2. The standard InChI is InChI=1S/C21H22N4O/c1-12-9-10-16(13(2)11-12)25-19(22)17(18(26)21(25,3)4)20-23-14-7-5-6-8-15(14)24-20/h5-11H,22H2,1-4H3,(H,23,24). The smallest absolute Gasteiger partial charge is 0.195 e. The molecule has 0 spiro atoms. The minimum absolute atomic E-state index is 0.0333. The van der Waals surface area contributed by atoms with Gasteiger partial charge in [0, 0.05) is 5.69 Å². The molecular weight excluding hydrogens is 324 g/mol. The normalized spacial score (nSPS) is 16.8. The Balaban J connectivity index is 1.91. The van der Waals surface area contributed by atoms with E-state index in [9.17, 15) is 4.79 Å². The third-order valence-corrected chi connectivity index (χ3v) is 5.06. The van der Waals surface area contributed by atoms with Gasteiger partial charge in [0.2, 0.25) is 0 Å². The summed E-state index contributed by atoms with van der Waals surface area (Å²) in [5, 5.41) is 0. The number of benzene rings is 2. The van der Waals surface area contributed by atoms with Crippen LogP contribution in [0.4, 0.5) is 5.69 Å². The Morgan fingerprint density at radius 3 is 2.54 bits per heavy atom. The van der Waals surface area contributed by atoms with Crippen molar-refractivity contribution in [3.8, 4) is 0 Å². The number of aromatic nitrogens is 2. The molecule has 5 nitrogen and oxygen atoms in total. The molecule has 0 saturated carbocycles. The highest BCUT2D eigenvalue weighted by molar-refractivity contribution is 6.29. The molecule has 0 amide bonds. The van der Waals surface area contributed by atoms with Crippen LogP contribution in [0.5, 0.6) is 0 Å². The number of aryl methyl sites for hydroxylation is 2. The van der Waals surface area contributed by atoms with Crippen LogP contribution in [0.2, 0.25) is 0 Å². The average molecular weight is 346 g/mol. The average Bonchev–Trinajstić information content (AvgIpc) is 3.06. The zero-order valence-electron chi connectivity index (χ0n) is 15.4. The van der Waals surface area contributed by atoms with E-state index in [2.05, 4.69) is 23.0 Å². The number of nitrogens with two attached hydrogens (primary N) is 1. The molecule has 1 aromatic heterocycles. The number of nitrogens with one attached hydrogen (secondary N) is 1. The lowest BCUT2D eigenvalue weighted by atomic mass is 9.95. The topological polar surface area (TPSA) is 75.0 Å². The number of Topliss-reactive ketones (excluding diaryl/α,β-unsaturated/α-hetero) is 1. The van der Waals surface area contributed by atoms with E-state index < -0.39 is 5.54 Å². The fourth-order valence-electron chi connectivity index (χ4n) is 3.72. The number of imidazole rings is 1. The van der Waals surface area contributed by atoms with Crippen LogP contribution < -0.4 is 10.6 Å². The molecule has 0 radical (unpaired) electrons. The van der Waals surface area contributed by atoms with Gasteiger partial charge in [-0.1, -0.05) is 29.8 Å². The quantitative estimate of drug-likeness (QED) is 0.742. The molecule has 1 aliphatic heterocycles. The van der Waals surface area contributed by atoms with Crippen molar-refractivity contribution >= 4 is 28.1 Å². The van der Waals surface area contributed by atoms with E-state index in [4.69, 9.17) is 5.73 Å². The zero-order valence-corrected chi connectivity index (χ0v) is 15.4. The number of carbonyl (C=O) groups excluding carboxylic acids is 1. The fourth-order valence-corrected chi connectivity index (χ4v) is 3.72. The lowest BCUT2D eigenvalue weighted by molar-refractivity contribution is -0.116. The Bertz CT molecular complexity index is 1040. The molecule has 0 aliphatic carbocycles. The highest BCUT2D eigenvalue weighted by atomic mass is 16.1. The molecule has 5 heteroatoms. The SMILES string of the molecule is Cc1ccc(N2C(N)=C(c3nc4ccccc4[nH]3)C(=O)C2(C)C)c(C)c1. The van der Waals surface area contributed by atoms with E-state index in [0.717, 1.165) is 22.3 Å². The number of anilines is 1. The number of carbonyl (C=O) groups is 1. The van der Waals surface area contributed by atoms with Crippen molar-refractivity contribution in [2.45, 2.75) is 33.2 Å². The second-order valence-corrected chi connectivity index (χ2v) is 7.38. The summed E-state index contributed by atoms with van der Waals surface area (Å²) >= 11 is 0. The summed E-state index contributed by atoms with van der Waals surface area (Å²) in [4.78, 5) is 23.0. The third kappa shape index (κ3) is 2.24. The van der Waals surface area contributed by atoms with Crippen molar-refractivity contribution in [2.24, 2.45) is 5.73 Å². The summed E-state index contributed by atoms with van der Waals surface area (Å²) in [5.74, 6) is 0.925. The predicted octanol–water partition coefficient (Wildman–Crippen LogP) is 3.67. The summed E-state index contributed by atoms with van der Waals surface area (Å²) in [5.41, 5.74) is 11.1. The fraction of sp³-hybridized carbons (Fsp3) is 0.238. The molecule has 0 fully saturated rings. The first-order valence-corrected chi connectivity index (χ1v) is 8.68. The van der Waals surface area contributed by atoms with Gasteiger partial charge in [-0.05, 0) is 51.5 Å². The van der Waals surface area contributed by atoms with Gasteiger partial charge >= 0.3 is 0 Å². The molecular formula is C21H22N4O. The molecule has 26 heavy (non-hydrogen) atoms. The predicted molar refractivity (Wildman–Crippen MR) is 105 cm³/mol. The maximum absolute atomic E-state index is 13.2. The summed E-state index contributed by atoms with van der Waals surface area (Å²) in [7, 11) is 0. The Morgan fingerprint density at radius 1 is 1.12 bits per heavy atom. The van der Waals surface area contributed by atoms with Gasteiger partial charge in [-0.25, -0.2) is 4.98 Å². The minimum Gasteiger partial charge on any atom is -0.384 e. The number of ketones is 1. The van der Waals surface area contributed by atoms with Gasteiger partial charge < -0.3 is 15.6 Å². The lowest BCUT2D eigenvalue weighted by Crippen LogP contribution is -2.46. The summed E-state index contributed by atoms with van der Waals surface area (Å²) in [6.07, 6.45) is 0. The molecule has 0 bridgehead atoms. The number of fused-ring (bicyclic) bond motifs is 1. The number of rotatable bonds is 2. The number of hydrogen-bond donors (Lipinski definition) is 2. The molecule has 0 saturated heterocycles. The first kappa shape index (κ1) is 16.4. The van der Waals surface area contributed by atoms with Crippen LogP contribution in [0.3, 0.4) is 0 Å². The molecule has 132 valence electrons. The van der Waals surface area contributed by atoms with Crippen LogP contribution in [-0.2, 0) is 4.79 Å². The Morgan fingerprint density at radius 2 is 1.85 bits per heavy atom. The van der Waals surface area contributed by atoms with E-state index in [0.29, 0.717) is 17.2 Å². The summed E-state index contributed by atoms with van der Waals surface area (Å²) < 4.78 is 0. The number of aromatic amines is 1. The molecule has 0 atom stereocenters. The molecule has 1 aliphatic rings. The van der Waals surface area contributed by atoms with E-state index >= 15 is 0 Å². The monoisotopic (exact) mass is 346 g/mol. The molecule has 4 rings (SSSR count). The van der Waals surface area contributed by atoms with Gasteiger partial charge in [-0.15, -0.1) is 0 Å². The van der Waals surface area contributed by atoms with Crippen LogP contribution in [0.1, 0.15) is 30.8 Å². The van der Waals surface area contributed by atoms with E-state index in [1.54, 1.807) is 0 Å². The first-order valence-electron chi connectivity index (χ1n) is 8.68. The molecule has 3 N–H and O–H groups in total. The Labute approximate surface area is 152 Å². The van der Waals surface area contributed by atoms with Crippen LogP contribution in [0, 0.1) is 13.8 Å². The maximum Gasteiger partial charge on any atom is 0.195 e. The second-order valence-electron chi connectivity index (χ2n) is 7.38. The molecule has 0 unspecified atom stereocenters. The van der Waals surface area contributed by atoms with E-state index in [1.165, 1.54) is 5.56 Å². The van der Waals surface area contributed by atoms with E-state index in [-0.39, 0.29) is 5.78 Å². The van der Waals surface area contributed by atoms with Crippen LogP contribution in [0.15, 0.2) is 48.3 Å². The van der Waals surface area contributed by atoms with Gasteiger partial charge in [0.15, 0.2) is 5.78 Å². The van der Waals surface area contributed by atoms with Crippen molar-refractivity contribution in [2.75, 3.05) is 4.90 Å². The van der Waals surface area contributed by atoms with E-state index in [1.807, 2.05) is 62.1 Å².